The van der Waals surface area contributed by atoms with Gasteiger partial charge < -0.3 is 10.2 Å². The summed E-state index contributed by atoms with van der Waals surface area (Å²) in [6.07, 6.45) is 0. The van der Waals surface area contributed by atoms with Gasteiger partial charge in [-0.25, -0.2) is 0 Å². The third-order valence-corrected chi connectivity index (χ3v) is 5.53. The topological polar surface area (TPSA) is 35.6 Å². The number of carbonyl (C=O) groups is 1. The first kappa shape index (κ1) is 18.5. The molecule has 1 N–H and O–H groups in total. The predicted molar refractivity (Wildman–Crippen MR) is 116 cm³/mol. The maximum absolute atomic E-state index is 12.6. The second-order valence-electron chi connectivity index (χ2n) is 7.46. The smallest absolute Gasteiger partial charge is 0.234 e. The summed E-state index contributed by atoms with van der Waals surface area (Å²) in [5, 5.41) is 5.59. The zero-order chi connectivity index (χ0) is 19.3. The van der Waals surface area contributed by atoms with Crippen molar-refractivity contribution in [1.29, 1.82) is 0 Å². The number of hydrogen-bond donors (Lipinski definition) is 1. The van der Waals surface area contributed by atoms with E-state index in [1.54, 1.807) is 0 Å². The van der Waals surface area contributed by atoms with Crippen molar-refractivity contribution < 1.29 is 4.79 Å². The predicted octanol–water partition coefficient (Wildman–Crippen LogP) is 3.84. The van der Waals surface area contributed by atoms with Crippen molar-refractivity contribution in [2.75, 3.05) is 37.6 Å². The first-order valence-electron chi connectivity index (χ1n) is 10.00. The van der Waals surface area contributed by atoms with Crippen LogP contribution in [-0.2, 0) is 4.79 Å². The molecular weight excluding hydrogens is 346 g/mol. The highest BCUT2D eigenvalue weighted by Crippen LogP contribution is 2.24. The van der Waals surface area contributed by atoms with E-state index in [2.05, 4.69) is 76.6 Å². The quantitative estimate of drug-likeness (QED) is 0.738. The lowest BCUT2D eigenvalue weighted by Crippen LogP contribution is -2.49. The molecule has 0 bridgehead atoms. The Morgan fingerprint density at radius 3 is 2.36 bits per heavy atom. The minimum absolute atomic E-state index is 0.00999. The van der Waals surface area contributed by atoms with Gasteiger partial charge in [0.2, 0.25) is 5.91 Å². The summed E-state index contributed by atoms with van der Waals surface area (Å²) in [5.74, 6) is 0.0913. The molecule has 3 aromatic rings. The van der Waals surface area contributed by atoms with Crippen LogP contribution in [0.1, 0.15) is 18.5 Å². The second-order valence-corrected chi connectivity index (χ2v) is 7.46. The van der Waals surface area contributed by atoms with E-state index in [0.29, 0.717) is 6.54 Å². The molecule has 4 heteroatoms. The zero-order valence-electron chi connectivity index (χ0n) is 16.3. The third-order valence-electron chi connectivity index (χ3n) is 5.53. The van der Waals surface area contributed by atoms with Crippen LogP contribution in [0.2, 0.25) is 0 Å². The molecule has 1 heterocycles. The second kappa shape index (κ2) is 8.44. The zero-order valence-corrected chi connectivity index (χ0v) is 16.3. The van der Waals surface area contributed by atoms with E-state index in [4.69, 9.17) is 0 Å². The largest absolute Gasteiger partial charge is 0.369 e. The fourth-order valence-corrected chi connectivity index (χ4v) is 4.00. The van der Waals surface area contributed by atoms with Gasteiger partial charge in [0.05, 0.1) is 12.6 Å². The molecule has 4 rings (SSSR count). The van der Waals surface area contributed by atoms with Gasteiger partial charge in [-0.05, 0) is 35.4 Å². The molecule has 144 valence electrons. The highest BCUT2D eigenvalue weighted by atomic mass is 16.2. The highest BCUT2D eigenvalue weighted by molar-refractivity contribution is 5.87. The van der Waals surface area contributed by atoms with Crippen LogP contribution in [0.25, 0.3) is 10.8 Å². The van der Waals surface area contributed by atoms with E-state index in [1.807, 2.05) is 18.2 Å². The number of nitrogens with zero attached hydrogens (tertiary/aromatic N) is 2. The molecule has 0 unspecified atom stereocenters. The number of hydrogen-bond acceptors (Lipinski definition) is 3. The van der Waals surface area contributed by atoms with Crippen LogP contribution in [-0.4, -0.2) is 43.5 Å². The van der Waals surface area contributed by atoms with Crippen molar-refractivity contribution in [3.05, 3.63) is 78.4 Å². The number of fused-ring (bicyclic) bond motifs is 1. The van der Waals surface area contributed by atoms with Gasteiger partial charge in [-0.15, -0.1) is 0 Å². The minimum atomic E-state index is -0.00999. The van der Waals surface area contributed by atoms with Gasteiger partial charge in [-0.2, -0.15) is 0 Å². The molecule has 1 aliphatic rings. The molecule has 28 heavy (non-hydrogen) atoms. The molecule has 0 radical (unpaired) electrons. The SMILES string of the molecule is C[C@@H](NC(=O)CN1CCN(c2ccccc2)CC1)c1cccc2ccccc12. The summed E-state index contributed by atoms with van der Waals surface area (Å²) >= 11 is 0. The molecule has 1 atom stereocenters. The summed E-state index contributed by atoms with van der Waals surface area (Å²) in [6.45, 7) is 6.24. The minimum Gasteiger partial charge on any atom is -0.369 e. The Labute approximate surface area is 166 Å². The Bertz CT molecular complexity index is 927. The van der Waals surface area contributed by atoms with Gasteiger partial charge in [0, 0.05) is 31.9 Å². The van der Waals surface area contributed by atoms with Gasteiger partial charge >= 0.3 is 0 Å². The van der Waals surface area contributed by atoms with Gasteiger partial charge in [-0.1, -0.05) is 60.7 Å². The molecule has 4 nitrogen and oxygen atoms in total. The van der Waals surface area contributed by atoms with E-state index in [9.17, 15) is 4.79 Å². The first-order valence-corrected chi connectivity index (χ1v) is 10.00. The summed E-state index contributed by atoms with van der Waals surface area (Å²) in [5.41, 5.74) is 2.43. The summed E-state index contributed by atoms with van der Waals surface area (Å²) in [6, 6.07) is 25.1. The van der Waals surface area contributed by atoms with Crippen molar-refractivity contribution in [3.8, 4) is 0 Å². The van der Waals surface area contributed by atoms with Crippen LogP contribution in [0.4, 0.5) is 5.69 Å². The van der Waals surface area contributed by atoms with Gasteiger partial charge in [0.25, 0.3) is 0 Å². The van der Waals surface area contributed by atoms with Crippen molar-refractivity contribution in [1.82, 2.24) is 10.2 Å². The monoisotopic (exact) mass is 373 g/mol. The highest BCUT2D eigenvalue weighted by Gasteiger charge is 2.20. The Kier molecular flexibility index (Phi) is 5.58. The number of nitrogens with one attached hydrogen (secondary N) is 1. The lowest BCUT2D eigenvalue weighted by molar-refractivity contribution is -0.123. The lowest BCUT2D eigenvalue weighted by Gasteiger charge is -2.35. The lowest BCUT2D eigenvalue weighted by atomic mass is 10.00. The van der Waals surface area contributed by atoms with E-state index in [0.717, 1.165) is 26.2 Å². The molecular formula is C24H27N3O. The van der Waals surface area contributed by atoms with Crippen molar-refractivity contribution in [2.45, 2.75) is 13.0 Å². The molecule has 1 saturated heterocycles. The van der Waals surface area contributed by atoms with E-state index in [-0.39, 0.29) is 11.9 Å². The average Bonchev–Trinajstić information content (AvgIpc) is 2.74. The van der Waals surface area contributed by atoms with Gasteiger partial charge in [0.15, 0.2) is 0 Å². The van der Waals surface area contributed by atoms with Crippen LogP contribution in [0.3, 0.4) is 0 Å². The van der Waals surface area contributed by atoms with Gasteiger partial charge in [0.1, 0.15) is 0 Å². The third kappa shape index (κ3) is 4.18. The fraction of sp³-hybridized carbons (Fsp3) is 0.292. The average molecular weight is 374 g/mol. The maximum atomic E-state index is 12.6. The summed E-state index contributed by atoms with van der Waals surface area (Å²) < 4.78 is 0. The summed E-state index contributed by atoms with van der Waals surface area (Å²) in [7, 11) is 0. The van der Waals surface area contributed by atoms with Crippen LogP contribution in [0.15, 0.2) is 72.8 Å². The Hall–Kier alpha value is -2.85. The molecule has 1 aliphatic heterocycles. The maximum Gasteiger partial charge on any atom is 0.234 e. The normalized spacial score (nSPS) is 16.1. The number of benzene rings is 3. The van der Waals surface area contributed by atoms with E-state index < -0.39 is 0 Å². The number of para-hydroxylation sites is 1. The number of carbonyl (C=O) groups excluding carboxylic acids is 1. The fourth-order valence-electron chi connectivity index (χ4n) is 4.00. The first-order chi connectivity index (χ1) is 13.7. The van der Waals surface area contributed by atoms with Gasteiger partial charge in [-0.3, -0.25) is 9.69 Å². The van der Waals surface area contributed by atoms with Crippen molar-refractivity contribution in [2.24, 2.45) is 0 Å². The van der Waals surface area contributed by atoms with Crippen molar-refractivity contribution in [3.63, 3.8) is 0 Å². The van der Waals surface area contributed by atoms with E-state index >= 15 is 0 Å². The molecule has 0 aliphatic carbocycles. The number of rotatable bonds is 5. The Morgan fingerprint density at radius 2 is 1.57 bits per heavy atom. The molecule has 1 fully saturated rings. The Balaban J connectivity index is 1.32. The number of piperazine rings is 1. The molecule has 1 amide bonds. The molecule has 0 spiro atoms. The van der Waals surface area contributed by atoms with Crippen LogP contribution >= 0.6 is 0 Å². The molecule has 3 aromatic carbocycles. The van der Waals surface area contributed by atoms with Crippen LogP contribution < -0.4 is 10.2 Å². The van der Waals surface area contributed by atoms with Crippen molar-refractivity contribution >= 4 is 22.4 Å². The molecule has 0 aromatic heterocycles. The van der Waals surface area contributed by atoms with Crippen LogP contribution in [0, 0.1) is 0 Å². The number of anilines is 1. The molecule has 0 saturated carbocycles. The van der Waals surface area contributed by atoms with Crippen LogP contribution in [0.5, 0.6) is 0 Å². The summed E-state index contributed by atoms with van der Waals surface area (Å²) in [4.78, 5) is 17.2. The standard InChI is InChI=1S/C24H27N3O/c1-19(22-13-7-9-20-8-5-6-12-23(20)22)25-24(28)18-26-14-16-27(17-15-26)21-10-3-2-4-11-21/h2-13,19H,14-18H2,1H3,(H,25,28)/t19-/m1/s1. The Morgan fingerprint density at radius 1 is 0.893 bits per heavy atom. The van der Waals surface area contributed by atoms with E-state index in [1.165, 1.54) is 22.0 Å². The number of amides is 1.